The minimum atomic E-state index is 0.582. The molecule has 0 aliphatic carbocycles. The summed E-state index contributed by atoms with van der Waals surface area (Å²) in [4.78, 5) is 11.7. The second kappa shape index (κ2) is 9.09. The molecule has 144 valence electrons. The van der Waals surface area contributed by atoms with Gasteiger partial charge in [0, 0.05) is 59.4 Å². The number of ether oxygens (including phenoxy) is 2. The molecule has 1 aromatic carbocycles. The Morgan fingerprint density at radius 3 is 2.46 bits per heavy atom. The first kappa shape index (κ1) is 18.8. The topological polar surface area (TPSA) is 52.6 Å². The number of benzene rings is 1. The van der Waals surface area contributed by atoms with E-state index in [2.05, 4.69) is 25.0 Å². The number of fused-ring (bicyclic) bond motifs is 3. The molecule has 0 saturated carbocycles. The Bertz CT molecular complexity index is 584. The first-order chi connectivity index (χ1) is 12.7. The van der Waals surface area contributed by atoms with Crippen LogP contribution in [0.15, 0.2) is 29.3 Å². The zero-order chi connectivity index (χ0) is 18.4. The van der Waals surface area contributed by atoms with Crippen LogP contribution < -0.4 is 14.8 Å². The van der Waals surface area contributed by atoms with Crippen molar-refractivity contribution < 1.29 is 9.47 Å². The van der Waals surface area contributed by atoms with Gasteiger partial charge in [-0.15, -0.1) is 0 Å². The van der Waals surface area contributed by atoms with Gasteiger partial charge in [0.2, 0.25) is 0 Å². The molecule has 3 aliphatic rings. The molecule has 1 N–H and O–H groups in total. The van der Waals surface area contributed by atoms with Crippen molar-refractivity contribution in [2.75, 3.05) is 73.6 Å². The molecule has 0 amide bonds. The van der Waals surface area contributed by atoms with E-state index in [1.54, 1.807) is 7.11 Å². The maximum Gasteiger partial charge on any atom is 0.193 e. The highest BCUT2D eigenvalue weighted by Crippen LogP contribution is 2.17. The second-order valence-corrected chi connectivity index (χ2v) is 6.86. The molecule has 26 heavy (non-hydrogen) atoms. The lowest BCUT2D eigenvalue weighted by molar-refractivity contribution is 0.0152. The van der Waals surface area contributed by atoms with Crippen LogP contribution in [0.5, 0.6) is 11.5 Å². The lowest BCUT2D eigenvalue weighted by Gasteiger charge is -2.47. The molecule has 0 spiro atoms. The van der Waals surface area contributed by atoms with E-state index in [0.717, 1.165) is 37.1 Å². The van der Waals surface area contributed by atoms with Crippen molar-refractivity contribution in [3.05, 3.63) is 24.3 Å². The highest BCUT2D eigenvalue weighted by molar-refractivity contribution is 5.79. The summed E-state index contributed by atoms with van der Waals surface area (Å²) in [6.45, 7) is 8.29. The minimum absolute atomic E-state index is 0.582. The van der Waals surface area contributed by atoms with Crippen molar-refractivity contribution in [1.82, 2.24) is 20.0 Å². The van der Waals surface area contributed by atoms with E-state index in [0.29, 0.717) is 12.6 Å². The summed E-state index contributed by atoms with van der Waals surface area (Å²) in [7, 11) is 5.54. The average molecular weight is 361 g/mol. The monoisotopic (exact) mass is 361 g/mol. The van der Waals surface area contributed by atoms with E-state index in [1.807, 2.05) is 38.4 Å². The standard InChI is InChI=1S/C19H31N5O2/c1-20-19(21-14-16-15-23-8-10-24(16)11-9-23)22(2)12-13-26-18-6-4-17(25-3)5-7-18/h4-7,16H,8-15H2,1-3H3,(H,20,21). The lowest BCUT2D eigenvalue weighted by Crippen LogP contribution is -2.63. The second-order valence-electron chi connectivity index (χ2n) is 6.86. The number of rotatable bonds is 7. The van der Waals surface area contributed by atoms with Crippen LogP contribution >= 0.6 is 0 Å². The number of aliphatic imine (C=N–C) groups is 1. The van der Waals surface area contributed by atoms with E-state index in [-0.39, 0.29) is 0 Å². The van der Waals surface area contributed by atoms with Crippen molar-refractivity contribution >= 4 is 5.96 Å². The summed E-state index contributed by atoms with van der Waals surface area (Å²) in [5.41, 5.74) is 0. The first-order valence-corrected chi connectivity index (χ1v) is 9.34. The van der Waals surface area contributed by atoms with Crippen LogP contribution in [0.2, 0.25) is 0 Å². The molecule has 3 aliphatic heterocycles. The number of guanidine groups is 1. The molecule has 3 heterocycles. The number of methoxy groups -OCH3 is 1. The van der Waals surface area contributed by atoms with E-state index in [1.165, 1.54) is 26.2 Å². The molecule has 7 nitrogen and oxygen atoms in total. The Labute approximate surface area is 156 Å². The van der Waals surface area contributed by atoms with Crippen molar-refractivity contribution in [3.8, 4) is 11.5 Å². The maximum absolute atomic E-state index is 5.81. The van der Waals surface area contributed by atoms with Crippen LogP contribution in [0.1, 0.15) is 0 Å². The van der Waals surface area contributed by atoms with E-state index >= 15 is 0 Å². The normalized spacial score (nSPS) is 25.0. The molecule has 2 bridgehead atoms. The molecule has 3 saturated heterocycles. The van der Waals surface area contributed by atoms with Gasteiger partial charge in [-0.3, -0.25) is 14.8 Å². The third-order valence-corrected chi connectivity index (χ3v) is 5.22. The molecule has 3 fully saturated rings. The smallest absolute Gasteiger partial charge is 0.193 e. The van der Waals surface area contributed by atoms with Gasteiger partial charge in [0.05, 0.1) is 13.7 Å². The summed E-state index contributed by atoms with van der Waals surface area (Å²) in [5.74, 6) is 2.60. The van der Waals surface area contributed by atoms with Crippen LogP contribution in [0.25, 0.3) is 0 Å². The summed E-state index contributed by atoms with van der Waals surface area (Å²) in [6.07, 6.45) is 0. The van der Waals surface area contributed by atoms with Crippen molar-refractivity contribution in [2.45, 2.75) is 6.04 Å². The third kappa shape index (κ3) is 4.80. The Balaban J connectivity index is 1.40. The number of hydrogen-bond acceptors (Lipinski definition) is 5. The summed E-state index contributed by atoms with van der Waals surface area (Å²) < 4.78 is 11.0. The van der Waals surface area contributed by atoms with Gasteiger partial charge in [-0.25, -0.2) is 0 Å². The number of likely N-dealkylation sites (N-methyl/N-ethyl adjacent to an activating group) is 1. The fourth-order valence-electron chi connectivity index (χ4n) is 3.59. The van der Waals surface area contributed by atoms with Crippen LogP contribution in [-0.4, -0.2) is 100 Å². The summed E-state index contributed by atoms with van der Waals surface area (Å²) in [5, 5.41) is 3.52. The summed E-state index contributed by atoms with van der Waals surface area (Å²) in [6, 6.07) is 8.24. The van der Waals surface area contributed by atoms with Crippen LogP contribution in [0.4, 0.5) is 0 Å². The molecule has 1 atom stereocenters. The van der Waals surface area contributed by atoms with Gasteiger partial charge in [-0.2, -0.15) is 0 Å². The van der Waals surface area contributed by atoms with E-state index < -0.39 is 0 Å². The third-order valence-electron chi connectivity index (χ3n) is 5.22. The summed E-state index contributed by atoms with van der Waals surface area (Å²) >= 11 is 0. The van der Waals surface area contributed by atoms with E-state index in [4.69, 9.17) is 9.47 Å². The van der Waals surface area contributed by atoms with Crippen molar-refractivity contribution in [3.63, 3.8) is 0 Å². The van der Waals surface area contributed by atoms with Crippen LogP contribution in [0.3, 0.4) is 0 Å². The number of hydrogen-bond donors (Lipinski definition) is 1. The highest BCUT2D eigenvalue weighted by Gasteiger charge is 2.31. The number of nitrogens with one attached hydrogen (secondary N) is 1. The molecular formula is C19H31N5O2. The van der Waals surface area contributed by atoms with Gasteiger partial charge in [0.25, 0.3) is 0 Å². The zero-order valence-electron chi connectivity index (χ0n) is 16.1. The quantitative estimate of drug-likeness (QED) is 0.566. The number of nitrogens with zero attached hydrogens (tertiary/aromatic N) is 4. The maximum atomic E-state index is 5.81. The fraction of sp³-hybridized carbons (Fsp3) is 0.632. The largest absolute Gasteiger partial charge is 0.497 e. The molecular weight excluding hydrogens is 330 g/mol. The molecule has 7 heteroatoms. The Morgan fingerprint density at radius 2 is 1.88 bits per heavy atom. The number of piperazine rings is 3. The van der Waals surface area contributed by atoms with Gasteiger partial charge in [-0.05, 0) is 24.3 Å². The predicted octanol–water partition coefficient (Wildman–Crippen LogP) is 0.581. The zero-order valence-corrected chi connectivity index (χ0v) is 16.1. The van der Waals surface area contributed by atoms with E-state index in [9.17, 15) is 0 Å². The van der Waals surface area contributed by atoms with Gasteiger partial charge < -0.3 is 19.7 Å². The first-order valence-electron chi connectivity index (χ1n) is 9.34. The average Bonchev–Trinajstić information content (AvgIpc) is 2.70. The Kier molecular flexibility index (Phi) is 6.57. The molecule has 1 aromatic rings. The molecule has 0 aromatic heterocycles. The fourth-order valence-corrected chi connectivity index (χ4v) is 3.59. The van der Waals surface area contributed by atoms with Crippen LogP contribution in [-0.2, 0) is 0 Å². The highest BCUT2D eigenvalue weighted by atomic mass is 16.5. The predicted molar refractivity (Wildman–Crippen MR) is 104 cm³/mol. The van der Waals surface area contributed by atoms with Gasteiger partial charge in [-0.1, -0.05) is 0 Å². The Morgan fingerprint density at radius 1 is 1.19 bits per heavy atom. The van der Waals surface area contributed by atoms with Gasteiger partial charge >= 0.3 is 0 Å². The molecule has 1 unspecified atom stereocenters. The van der Waals surface area contributed by atoms with Gasteiger partial charge in [0.15, 0.2) is 5.96 Å². The molecule has 4 rings (SSSR count). The van der Waals surface area contributed by atoms with Gasteiger partial charge in [0.1, 0.15) is 18.1 Å². The Hall–Kier alpha value is -1.99. The van der Waals surface area contributed by atoms with Crippen molar-refractivity contribution in [1.29, 1.82) is 0 Å². The SMILES string of the molecule is CN=C(NCC1CN2CCN1CC2)N(C)CCOc1ccc(OC)cc1. The van der Waals surface area contributed by atoms with Crippen molar-refractivity contribution in [2.24, 2.45) is 4.99 Å². The lowest BCUT2D eigenvalue weighted by atomic mass is 10.1. The van der Waals surface area contributed by atoms with Crippen LogP contribution in [0, 0.1) is 0 Å². The molecule has 0 radical (unpaired) electrons. The minimum Gasteiger partial charge on any atom is -0.497 e.